The quantitative estimate of drug-likeness (QED) is 0.495. The molecule has 0 saturated heterocycles. The Morgan fingerprint density at radius 2 is 1.19 bits per heavy atom. The number of rotatable bonds is 2. The van der Waals surface area contributed by atoms with Crippen molar-refractivity contribution >= 4 is 0 Å². The van der Waals surface area contributed by atoms with Gasteiger partial charge in [-0.3, -0.25) is 0 Å². The minimum absolute atomic E-state index is 0.00629. The van der Waals surface area contributed by atoms with E-state index in [1.165, 1.54) is 0 Å². The normalized spacial score (nSPS) is 12.8. The van der Waals surface area contributed by atoms with Gasteiger partial charge in [0.2, 0.25) is 5.82 Å². The summed E-state index contributed by atoms with van der Waals surface area (Å²) in [5.74, 6) is -10.5. The Kier molecular flexibility index (Phi) is 3.79. The average Bonchev–Trinajstić information content (AvgIpc) is 2.70. The first-order chi connectivity index (χ1) is 9.68. The van der Waals surface area contributed by atoms with Crippen LogP contribution < -0.4 is 0 Å². The Hall–Kier alpha value is -1.89. The Morgan fingerprint density at radius 1 is 0.762 bits per heavy atom. The minimum Gasteiger partial charge on any atom is -0.382 e. The zero-order valence-corrected chi connectivity index (χ0v) is 11.4. The predicted molar refractivity (Wildman–Crippen MR) is 65.3 cm³/mol. The molecule has 2 aromatic rings. The van der Waals surface area contributed by atoms with Crippen LogP contribution in [-0.2, 0) is 0 Å². The highest BCUT2D eigenvalue weighted by Crippen LogP contribution is 2.33. The van der Waals surface area contributed by atoms with Crippen molar-refractivity contribution in [3.63, 3.8) is 0 Å². The summed E-state index contributed by atoms with van der Waals surface area (Å²) in [6.07, 6.45) is -1.98. The van der Waals surface area contributed by atoms with E-state index in [1.807, 2.05) is 0 Å². The number of H-pyrrole nitrogens is 1. The molecule has 1 atom stereocenters. The molecule has 2 nitrogen and oxygen atoms in total. The molecule has 1 heterocycles. The van der Waals surface area contributed by atoms with Crippen molar-refractivity contribution in [1.29, 1.82) is 0 Å². The highest BCUT2D eigenvalue weighted by atomic mass is 19.2. The van der Waals surface area contributed by atoms with Gasteiger partial charge in [0.05, 0.1) is 11.3 Å². The van der Waals surface area contributed by atoms with Crippen molar-refractivity contribution in [3.8, 4) is 0 Å². The standard InChI is InChI=1S/C14H12F5NO/c1-4-5(2)13(20-6(4)3)14(21)7-8(15)10(17)12(19)11(18)9(7)16/h14,20-21H,1-3H3. The fraction of sp³-hybridized carbons (Fsp3) is 0.286. The van der Waals surface area contributed by atoms with Crippen LogP contribution in [-0.4, -0.2) is 10.1 Å². The van der Waals surface area contributed by atoms with E-state index in [0.29, 0.717) is 11.3 Å². The van der Waals surface area contributed by atoms with Crippen molar-refractivity contribution in [1.82, 2.24) is 4.98 Å². The molecule has 0 aliphatic carbocycles. The molecule has 0 aliphatic rings. The van der Waals surface area contributed by atoms with Gasteiger partial charge in [-0.1, -0.05) is 0 Å². The zero-order valence-electron chi connectivity index (χ0n) is 11.4. The number of aryl methyl sites for hydroxylation is 1. The number of aromatic nitrogens is 1. The van der Waals surface area contributed by atoms with Crippen LogP contribution in [0.15, 0.2) is 0 Å². The number of benzene rings is 1. The number of aliphatic hydroxyl groups excluding tert-OH is 1. The fourth-order valence-electron chi connectivity index (χ4n) is 2.15. The summed E-state index contributed by atoms with van der Waals surface area (Å²) in [5.41, 5.74) is 0.575. The smallest absolute Gasteiger partial charge is 0.200 e. The van der Waals surface area contributed by atoms with Gasteiger partial charge in [0.25, 0.3) is 0 Å². The molecule has 0 aliphatic heterocycles. The lowest BCUT2D eigenvalue weighted by Crippen LogP contribution is -2.13. The van der Waals surface area contributed by atoms with E-state index in [2.05, 4.69) is 4.98 Å². The molecule has 7 heteroatoms. The minimum atomic E-state index is -2.25. The van der Waals surface area contributed by atoms with Crippen molar-refractivity contribution in [2.45, 2.75) is 26.9 Å². The second-order valence-corrected chi connectivity index (χ2v) is 4.80. The van der Waals surface area contributed by atoms with E-state index in [0.717, 1.165) is 5.56 Å². The highest BCUT2D eigenvalue weighted by molar-refractivity contribution is 5.40. The number of halogens is 5. The first kappa shape index (κ1) is 15.5. The molecule has 0 amide bonds. The summed E-state index contributed by atoms with van der Waals surface area (Å²) in [4.78, 5) is 2.70. The van der Waals surface area contributed by atoms with Crippen LogP contribution >= 0.6 is 0 Å². The van der Waals surface area contributed by atoms with Crippen LogP contribution in [0.2, 0.25) is 0 Å². The average molecular weight is 305 g/mol. The summed E-state index contributed by atoms with van der Waals surface area (Å²) in [7, 11) is 0. The maximum atomic E-state index is 13.7. The molecule has 114 valence electrons. The maximum absolute atomic E-state index is 13.7. The number of nitrogens with one attached hydrogen (secondary N) is 1. The van der Waals surface area contributed by atoms with Gasteiger partial charge in [0.1, 0.15) is 6.10 Å². The van der Waals surface area contributed by atoms with E-state index in [9.17, 15) is 27.1 Å². The molecule has 1 unspecified atom stereocenters. The third-order valence-electron chi connectivity index (χ3n) is 3.64. The van der Waals surface area contributed by atoms with Gasteiger partial charge in [0.15, 0.2) is 23.3 Å². The Bertz CT molecular complexity index is 694. The summed E-state index contributed by atoms with van der Waals surface area (Å²) in [5, 5.41) is 10.0. The molecule has 1 aromatic heterocycles. The van der Waals surface area contributed by atoms with Gasteiger partial charge in [0, 0.05) is 5.69 Å². The molecule has 2 rings (SSSR count). The Balaban J connectivity index is 2.69. The van der Waals surface area contributed by atoms with Gasteiger partial charge in [-0.25, -0.2) is 22.0 Å². The maximum Gasteiger partial charge on any atom is 0.200 e. The van der Waals surface area contributed by atoms with Gasteiger partial charge < -0.3 is 10.1 Å². The van der Waals surface area contributed by atoms with Crippen molar-refractivity contribution < 1.29 is 27.1 Å². The predicted octanol–water partition coefficient (Wildman–Crippen LogP) is 3.72. The SMILES string of the molecule is Cc1[nH]c(C(O)c2c(F)c(F)c(F)c(F)c2F)c(C)c1C. The molecule has 21 heavy (non-hydrogen) atoms. The topological polar surface area (TPSA) is 36.0 Å². The van der Waals surface area contributed by atoms with Crippen LogP contribution in [0.3, 0.4) is 0 Å². The molecule has 2 N–H and O–H groups in total. The third kappa shape index (κ3) is 2.21. The van der Waals surface area contributed by atoms with Gasteiger partial charge in [-0.15, -0.1) is 0 Å². The van der Waals surface area contributed by atoms with Crippen LogP contribution in [0.25, 0.3) is 0 Å². The lowest BCUT2D eigenvalue weighted by Gasteiger charge is -2.14. The number of aromatic amines is 1. The fourth-order valence-corrected chi connectivity index (χ4v) is 2.15. The monoisotopic (exact) mass is 305 g/mol. The number of hydrogen-bond donors (Lipinski definition) is 2. The number of aliphatic hydroxyl groups is 1. The first-order valence-corrected chi connectivity index (χ1v) is 6.03. The summed E-state index contributed by atoms with van der Waals surface area (Å²) < 4.78 is 66.7. The second-order valence-electron chi connectivity index (χ2n) is 4.80. The number of hydrogen-bond acceptors (Lipinski definition) is 1. The van der Waals surface area contributed by atoms with Crippen LogP contribution in [0, 0.1) is 49.9 Å². The summed E-state index contributed by atoms with van der Waals surface area (Å²) in [6.45, 7) is 4.94. The van der Waals surface area contributed by atoms with Gasteiger partial charge in [-0.05, 0) is 31.9 Å². The van der Waals surface area contributed by atoms with E-state index in [4.69, 9.17) is 0 Å². The lowest BCUT2D eigenvalue weighted by molar-refractivity contribution is 0.198. The molecule has 0 fully saturated rings. The molecule has 1 aromatic carbocycles. The second kappa shape index (κ2) is 5.14. The van der Waals surface area contributed by atoms with Crippen LogP contribution in [0.1, 0.15) is 34.2 Å². The van der Waals surface area contributed by atoms with E-state index < -0.39 is 40.8 Å². The van der Waals surface area contributed by atoms with Crippen molar-refractivity contribution in [3.05, 3.63) is 57.2 Å². The molecule has 0 bridgehead atoms. The van der Waals surface area contributed by atoms with Gasteiger partial charge >= 0.3 is 0 Å². The molecular formula is C14H12F5NO. The molecule has 0 spiro atoms. The molecular weight excluding hydrogens is 293 g/mol. The Labute approximate surface area is 117 Å². The Morgan fingerprint density at radius 3 is 1.57 bits per heavy atom. The van der Waals surface area contributed by atoms with Crippen LogP contribution in [0.4, 0.5) is 22.0 Å². The van der Waals surface area contributed by atoms with E-state index in [1.54, 1.807) is 20.8 Å². The van der Waals surface area contributed by atoms with E-state index >= 15 is 0 Å². The largest absolute Gasteiger partial charge is 0.382 e. The van der Waals surface area contributed by atoms with Gasteiger partial charge in [-0.2, -0.15) is 0 Å². The van der Waals surface area contributed by atoms with Crippen molar-refractivity contribution in [2.24, 2.45) is 0 Å². The highest BCUT2D eigenvalue weighted by Gasteiger charge is 2.31. The molecule has 0 saturated carbocycles. The third-order valence-corrected chi connectivity index (χ3v) is 3.64. The molecule has 0 radical (unpaired) electrons. The summed E-state index contributed by atoms with van der Waals surface area (Å²) >= 11 is 0. The summed E-state index contributed by atoms with van der Waals surface area (Å²) in [6, 6.07) is 0. The first-order valence-electron chi connectivity index (χ1n) is 6.03. The zero-order chi connectivity index (χ0) is 16.1. The van der Waals surface area contributed by atoms with Crippen LogP contribution in [0.5, 0.6) is 0 Å². The lowest BCUT2D eigenvalue weighted by atomic mass is 10.0. The van der Waals surface area contributed by atoms with Crippen molar-refractivity contribution in [2.75, 3.05) is 0 Å². The van der Waals surface area contributed by atoms with E-state index in [-0.39, 0.29) is 5.69 Å².